The molecule has 76 valence electrons. The van der Waals surface area contributed by atoms with Gasteiger partial charge in [0.25, 0.3) is 0 Å². The lowest BCUT2D eigenvalue weighted by atomic mass is 9.96. The van der Waals surface area contributed by atoms with Crippen molar-refractivity contribution in [3.63, 3.8) is 0 Å². The van der Waals surface area contributed by atoms with Crippen LogP contribution in [0.15, 0.2) is 18.2 Å². The van der Waals surface area contributed by atoms with Gasteiger partial charge in [-0.3, -0.25) is 0 Å². The van der Waals surface area contributed by atoms with E-state index in [1.807, 2.05) is 0 Å². The summed E-state index contributed by atoms with van der Waals surface area (Å²) in [4.78, 5) is 0. The zero-order valence-corrected chi connectivity index (χ0v) is 8.47. The highest BCUT2D eigenvalue weighted by atomic mass is 35.5. The lowest BCUT2D eigenvalue weighted by molar-refractivity contribution is 0.163. The van der Waals surface area contributed by atoms with Gasteiger partial charge < -0.3 is 5.11 Å². The van der Waals surface area contributed by atoms with Gasteiger partial charge in [-0.1, -0.05) is 18.0 Å². The quantitative estimate of drug-likeness (QED) is 0.762. The SMILES string of the molecule is O[C@H]1CCC[C@@H]1c1cc(F)cc(Cl)c1. The molecule has 14 heavy (non-hydrogen) atoms. The average molecular weight is 215 g/mol. The summed E-state index contributed by atoms with van der Waals surface area (Å²) in [6.45, 7) is 0. The maximum absolute atomic E-state index is 13.0. The van der Waals surface area contributed by atoms with Gasteiger partial charge in [0.1, 0.15) is 5.82 Å². The fraction of sp³-hybridized carbons (Fsp3) is 0.455. The van der Waals surface area contributed by atoms with Crippen LogP contribution in [0.4, 0.5) is 4.39 Å². The molecule has 1 aliphatic carbocycles. The third kappa shape index (κ3) is 1.91. The van der Waals surface area contributed by atoms with Crippen molar-refractivity contribution in [3.05, 3.63) is 34.6 Å². The first-order valence-electron chi connectivity index (χ1n) is 4.81. The second-order valence-electron chi connectivity index (χ2n) is 3.81. The van der Waals surface area contributed by atoms with Gasteiger partial charge in [0, 0.05) is 10.9 Å². The van der Waals surface area contributed by atoms with Crippen LogP contribution in [0.1, 0.15) is 30.7 Å². The Hall–Kier alpha value is -0.600. The molecule has 1 saturated carbocycles. The number of rotatable bonds is 1. The number of aliphatic hydroxyl groups is 1. The van der Waals surface area contributed by atoms with Crippen molar-refractivity contribution in [2.24, 2.45) is 0 Å². The highest BCUT2D eigenvalue weighted by molar-refractivity contribution is 6.30. The molecular formula is C11H12ClFO. The predicted octanol–water partition coefficient (Wildman–Crippen LogP) is 3.11. The summed E-state index contributed by atoms with van der Waals surface area (Å²) in [5.74, 6) is -0.269. The zero-order chi connectivity index (χ0) is 10.1. The van der Waals surface area contributed by atoms with E-state index in [0.717, 1.165) is 24.8 Å². The van der Waals surface area contributed by atoms with Crippen molar-refractivity contribution < 1.29 is 9.50 Å². The molecule has 0 saturated heterocycles. The standard InChI is InChI=1S/C11H12ClFO/c12-8-4-7(5-9(13)6-8)10-2-1-3-11(10)14/h4-6,10-11,14H,1-3H2/t10-,11+/m1/s1. The molecule has 1 aromatic carbocycles. The molecule has 2 atom stereocenters. The lowest BCUT2D eigenvalue weighted by Crippen LogP contribution is -2.11. The van der Waals surface area contributed by atoms with Crippen molar-refractivity contribution in [3.8, 4) is 0 Å². The average Bonchev–Trinajstić information content (AvgIpc) is 2.49. The Labute approximate surface area is 87.5 Å². The monoisotopic (exact) mass is 214 g/mol. The summed E-state index contributed by atoms with van der Waals surface area (Å²) in [5.41, 5.74) is 0.819. The summed E-state index contributed by atoms with van der Waals surface area (Å²) in [6.07, 6.45) is 2.38. The Morgan fingerprint density at radius 3 is 2.64 bits per heavy atom. The van der Waals surface area contributed by atoms with E-state index in [1.54, 1.807) is 6.07 Å². The summed E-state index contributed by atoms with van der Waals surface area (Å²) in [6, 6.07) is 4.49. The smallest absolute Gasteiger partial charge is 0.124 e. The number of benzene rings is 1. The lowest BCUT2D eigenvalue weighted by Gasteiger charge is -2.14. The molecule has 0 unspecified atom stereocenters. The van der Waals surface area contributed by atoms with Crippen molar-refractivity contribution in [1.82, 2.24) is 0 Å². The molecule has 0 amide bonds. The number of hydrogen-bond acceptors (Lipinski definition) is 1. The maximum atomic E-state index is 13.0. The van der Waals surface area contributed by atoms with Crippen LogP contribution >= 0.6 is 11.6 Å². The van der Waals surface area contributed by atoms with Gasteiger partial charge >= 0.3 is 0 Å². The maximum Gasteiger partial charge on any atom is 0.124 e. The van der Waals surface area contributed by atoms with Crippen molar-refractivity contribution >= 4 is 11.6 Å². The van der Waals surface area contributed by atoms with E-state index in [9.17, 15) is 9.50 Å². The van der Waals surface area contributed by atoms with Gasteiger partial charge in [-0.2, -0.15) is 0 Å². The highest BCUT2D eigenvalue weighted by Gasteiger charge is 2.27. The minimum atomic E-state index is -0.340. The third-order valence-corrected chi connectivity index (χ3v) is 3.01. The molecule has 3 heteroatoms. The fourth-order valence-corrected chi connectivity index (χ4v) is 2.35. The molecule has 1 aliphatic rings. The topological polar surface area (TPSA) is 20.2 Å². The van der Waals surface area contributed by atoms with Crippen LogP contribution < -0.4 is 0 Å². The number of aliphatic hydroxyl groups excluding tert-OH is 1. The second-order valence-corrected chi connectivity index (χ2v) is 4.24. The molecule has 0 spiro atoms. The normalized spacial score (nSPS) is 26.8. The van der Waals surface area contributed by atoms with Gasteiger partial charge in [0.15, 0.2) is 0 Å². The zero-order valence-electron chi connectivity index (χ0n) is 7.71. The summed E-state index contributed by atoms with van der Waals surface area (Å²) < 4.78 is 13.0. The Morgan fingerprint density at radius 1 is 1.29 bits per heavy atom. The molecule has 0 aromatic heterocycles. The largest absolute Gasteiger partial charge is 0.392 e. The molecule has 0 heterocycles. The van der Waals surface area contributed by atoms with Crippen molar-refractivity contribution in [2.45, 2.75) is 31.3 Å². The van der Waals surface area contributed by atoms with E-state index in [-0.39, 0.29) is 17.8 Å². The third-order valence-electron chi connectivity index (χ3n) is 2.79. The molecule has 0 aliphatic heterocycles. The number of hydrogen-bond donors (Lipinski definition) is 1. The minimum absolute atomic E-state index is 0.0585. The van der Waals surface area contributed by atoms with Gasteiger partial charge in [-0.05, 0) is 36.6 Å². The molecule has 0 bridgehead atoms. The summed E-state index contributed by atoms with van der Waals surface area (Å²) in [7, 11) is 0. The Kier molecular flexibility index (Phi) is 2.75. The van der Waals surface area contributed by atoms with Crippen LogP contribution in [0.25, 0.3) is 0 Å². The van der Waals surface area contributed by atoms with Crippen LogP contribution in [0.3, 0.4) is 0 Å². The van der Waals surface area contributed by atoms with E-state index >= 15 is 0 Å². The molecular weight excluding hydrogens is 203 g/mol. The van der Waals surface area contributed by atoms with E-state index in [0.29, 0.717) is 5.02 Å². The van der Waals surface area contributed by atoms with Crippen LogP contribution in [0, 0.1) is 5.82 Å². The second kappa shape index (κ2) is 3.87. The van der Waals surface area contributed by atoms with E-state index < -0.39 is 0 Å². The molecule has 1 nitrogen and oxygen atoms in total. The molecule has 1 N–H and O–H groups in total. The van der Waals surface area contributed by atoms with Crippen LogP contribution in [0.5, 0.6) is 0 Å². The molecule has 0 radical (unpaired) electrons. The van der Waals surface area contributed by atoms with Gasteiger partial charge in [-0.15, -0.1) is 0 Å². The first-order chi connectivity index (χ1) is 6.66. The van der Waals surface area contributed by atoms with Crippen LogP contribution in [0.2, 0.25) is 5.02 Å². The van der Waals surface area contributed by atoms with Gasteiger partial charge in [0.2, 0.25) is 0 Å². The van der Waals surface area contributed by atoms with Crippen LogP contribution in [-0.2, 0) is 0 Å². The number of halogens is 2. The van der Waals surface area contributed by atoms with Crippen molar-refractivity contribution in [1.29, 1.82) is 0 Å². The van der Waals surface area contributed by atoms with E-state index in [1.165, 1.54) is 12.1 Å². The first-order valence-corrected chi connectivity index (χ1v) is 5.18. The fourth-order valence-electron chi connectivity index (χ4n) is 2.12. The predicted molar refractivity (Wildman–Crippen MR) is 54.0 cm³/mol. The van der Waals surface area contributed by atoms with Crippen molar-refractivity contribution in [2.75, 3.05) is 0 Å². The summed E-state index contributed by atoms with van der Waals surface area (Å²) >= 11 is 5.75. The first kappa shape index (κ1) is 9.94. The van der Waals surface area contributed by atoms with Gasteiger partial charge in [-0.25, -0.2) is 4.39 Å². The Morgan fingerprint density at radius 2 is 2.07 bits per heavy atom. The Balaban J connectivity index is 2.31. The minimum Gasteiger partial charge on any atom is -0.392 e. The molecule has 1 fully saturated rings. The van der Waals surface area contributed by atoms with E-state index in [4.69, 9.17) is 11.6 Å². The van der Waals surface area contributed by atoms with E-state index in [2.05, 4.69) is 0 Å². The Bertz CT molecular complexity index is 320. The molecule has 2 rings (SSSR count). The molecule has 1 aromatic rings. The van der Waals surface area contributed by atoms with Gasteiger partial charge in [0.05, 0.1) is 6.10 Å². The summed E-state index contributed by atoms with van der Waals surface area (Å²) in [5, 5.41) is 10.1. The highest BCUT2D eigenvalue weighted by Crippen LogP contribution is 2.35. The van der Waals surface area contributed by atoms with Crippen LogP contribution in [-0.4, -0.2) is 11.2 Å².